The number of imidazole rings is 1. The molecule has 0 unspecified atom stereocenters. The highest BCUT2D eigenvalue weighted by molar-refractivity contribution is 7.71. The maximum Gasteiger partial charge on any atom is 0.174 e. The van der Waals surface area contributed by atoms with Gasteiger partial charge in [-0.05, 0) is 42.3 Å². The van der Waals surface area contributed by atoms with E-state index in [2.05, 4.69) is 42.0 Å². The fraction of sp³-hybridized carbons (Fsp3) is 0.357. The smallest absolute Gasteiger partial charge is 0.174 e. The van der Waals surface area contributed by atoms with Gasteiger partial charge in [0.05, 0.1) is 5.69 Å². The Labute approximate surface area is 112 Å². The molecule has 2 aromatic rings. The highest BCUT2D eigenvalue weighted by Gasteiger charge is 2.04. The molecular weight excluding hydrogens is 244 g/mol. The number of rotatable bonds is 5. The third-order valence-corrected chi connectivity index (χ3v) is 3.18. The van der Waals surface area contributed by atoms with Crippen LogP contribution in [0.15, 0.2) is 24.4 Å². The normalized spacial score (nSPS) is 10.6. The lowest BCUT2D eigenvalue weighted by atomic mass is 10.1. The largest absolute Gasteiger partial charge is 0.487 e. The van der Waals surface area contributed by atoms with Gasteiger partial charge in [-0.15, -0.1) is 0 Å². The maximum absolute atomic E-state index is 5.87. The van der Waals surface area contributed by atoms with Crippen molar-refractivity contribution in [1.29, 1.82) is 0 Å². The van der Waals surface area contributed by atoms with Crippen LogP contribution in [-0.2, 0) is 19.4 Å². The highest BCUT2D eigenvalue weighted by atomic mass is 32.1. The molecule has 0 aliphatic heterocycles. The third-order valence-electron chi connectivity index (χ3n) is 2.96. The van der Waals surface area contributed by atoms with E-state index in [1.54, 1.807) is 0 Å². The molecule has 4 heteroatoms. The van der Waals surface area contributed by atoms with E-state index in [9.17, 15) is 0 Å². The summed E-state index contributed by atoms with van der Waals surface area (Å²) in [6, 6.07) is 6.43. The molecule has 0 aliphatic carbocycles. The zero-order valence-electron chi connectivity index (χ0n) is 10.7. The quantitative estimate of drug-likeness (QED) is 0.805. The molecule has 96 valence electrons. The zero-order chi connectivity index (χ0) is 13.0. The lowest BCUT2D eigenvalue weighted by Crippen LogP contribution is -1.99. The third kappa shape index (κ3) is 3.01. The summed E-state index contributed by atoms with van der Waals surface area (Å²) >= 11 is 4.99. The molecular formula is C14H18N2OS. The summed E-state index contributed by atoms with van der Waals surface area (Å²) in [5.74, 6) is 0.970. The topological polar surface area (TPSA) is 40.8 Å². The zero-order valence-corrected chi connectivity index (χ0v) is 11.6. The van der Waals surface area contributed by atoms with Crippen molar-refractivity contribution in [2.45, 2.75) is 33.3 Å². The minimum Gasteiger partial charge on any atom is -0.487 e. The molecule has 1 heterocycles. The van der Waals surface area contributed by atoms with Crippen LogP contribution in [0.2, 0.25) is 0 Å². The summed E-state index contributed by atoms with van der Waals surface area (Å²) in [6.45, 7) is 4.79. The minimum absolute atomic E-state index is 0.507. The van der Waals surface area contributed by atoms with Gasteiger partial charge in [-0.1, -0.05) is 26.0 Å². The second-order valence-corrected chi connectivity index (χ2v) is 4.61. The van der Waals surface area contributed by atoms with E-state index in [4.69, 9.17) is 17.0 Å². The number of ether oxygens (including phenoxy) is 1. The Morgan fingerprint density at radius 1 is 1.22 bits per heavy atom. The van der Waals surface area contributed by atoms with Crippen molar-refractivity contribution in [1.82, 2.24) is 9.97 Å². The molecule has 18 heavy (non-hydrogen) atoms. The lowest BCUT2D eigenvalue weighted by molar-refractivity contribution is 0.298. The lowest BCUT2D eigenvalue weighted by Gasteiger charge is -2.11. The molecule has 1 aromatic carbocycles. The van der Waals surface area contributed by atoms with Crippen molar-refractivity contribution < 1.29 is 4.74 Å². The predicted octanol–water partition coefficient (Wildman–Crippen LogP) is 3.78. The van der Waals surface area contributed by atoms with Gasteiger partial charge >= 0.3 is 0 Å². The summed E-state index contributed by atoms with van der Waals surface area (Å²) < 4.78 is 6.50. The standard InChI is InChI=1S/C14H18N2OS/c1-3-10-5-6-11(4-2)13(7-10)17-9-12-8-15-14(18)16-12/h5-8H,3-4,9H2,1-2H3,(H2,15,16,18). The molecule has 0 saturated heterocycles. The van der Waals surface area contributed by atoms with E-state index in [0.717, 1.165) is 24.3 Å². The van der Waals surface area contributed by atoms with Gasteiger partial charge in [0, 0.05) is 6.20 Å². The van der Waals surface area contributed by atoms with Gasteiger partial charge in [0.15, 0.2) is 4.77 Å². The van der Waals surface area contributed by atoms with Crippen LogP contribution in [0, 0.1) is 4.77 Å². The predicted molar refractivity (Wildman–Crippen MR) is 75.5 cm³/mol. The van der Waals surface area contributed by atoms with E-state index in [1.807, 2.05) is 6.20 Å². The first-order valence-electron chi connectivity index (χ1n) is 6.24. The van der Waals surface area contributed by atoms with Crippen LogP contribution >= 0.6 is 12.2 Å². The van der Waals surface area contributed by atoms with Gasteiger partial charge in [0.2, 0.25) is 0 Å². The highest BCUT2D eigenvalue weighted by Crippen LogP contribution is 2.22. The van der Waals surface area contributed by atoms with Crippen LogP contribution in [-0.4, -0.2) is 9.97 Å². The molecule has 3 nitrogen and oxygen atoms in total. The van der Waals surface area contributed by atoms with E-state index in [1.165, 1.54) is 11.1 Å². The Morgan fingerprint density at radius 3 is 2.67 bits per heavy atom. The van der Waals surface area contributed by atoms with Crippen molar-refractivity contribution in [3.63, 3.8) is 0 Å². The van der Waals surface area contributed by atoms with E-state index >= 15 is 0 Å². The molecule has 0 bridgehead atoms. The number of nitrogens with one attached hydrogen (secondary N) is 2. The second kappa shape index (κ2) is 5.87. The average molecular weight is 262 g/mol. The van der Waals surface area contributed by atoms with Gasteiger partial charge in [-0.2, -0.15) is 0 Å². The molecule has 0 amide bonds. The van der Waals surface area contributed by atoms with Crippen LogP contribution in [0.3, 0.4) is 0 Å². The van der Waals surface area contributed by atoms with Crippen LogP contribution in [0.4, 0.5) is 0 Å². The number of aryl methyl sites for hydroxylation is 2. The number of aromatic amines is 2. The Kier molecular flexibility index (Phi) is 4.20. The van der Waals surface area contributed by atoms with Crippen LogP contribution in [0.5, 0.6) is 5.75 Å². The Hall–Kier alpha value is -1.55. The molecule has 0 saturated carbocycles. The molecule has 1 aromatic heterocycles. The van der Waals surface area contributed by atoms with Crippen LogP contribution < -0.4 is 4.74 Å². The SMILES string of the molecule is CCc1ccc(CC)c(OCc2c[nH]c(=S)[nH]2)c1. The molecule has 0 spiro atoms. The Morgan fingerprint density at radius 2 is 2.06 bits per heavy atom. The first-order valence-corrected chi connectivity index (χ1v) is 6.65. The van der Waals surface area contributed by atoms with E-state index < -0.39 is 0 Å². The summed E-state index contributed by atoms with van der Waals surface area (Å²) in [7, 11) is 0. The van der Waals surface area contributed by atoms with Crippen molar-refractivity contribution in [3.05, 3.63) is 46.0 Å². The van der Waals surface area contributed by atoms with Crippen molar-refractivity contribution in [2.24, 2.45) is 0 Å². The molecule has 0 fully saturated rings. The van der Waals surface area contributed by atoms with Crippen LogP contribution in [0.25, 0.3) is 0 Å². The fourth-order valence-electron chi connectivity index (χ4n) is 1.85. The minimum atomic E-state index is 0.507. The van der Waals surface area contributed by atoms with Crippen molar-refractivity contribution >= 4 is 12.2 Å². The van der Waals surface area contributed by atoms with Gasteiger partial charge in [0.25, 0.3) is 0 Å². The maximum atomic E-state index is 5.87. The Balaban J connectivity index is 2.14. The Bertz CT molecular complexity index is 571. The van der Waals surface area contributed by atoms with Gasteiger partial charge in [0.1, 0.15) is 12.4 Å². The second-order valence-electron chi connectivity index (χ2n) is 4.21. The van der Waals surface area contributed by atoms with Gasteiger partial charge in [-0.3, -0.25) is 0 Å². The van der Waals surface area contributed by atoms with Crippen molar-refractivity contribution in [3.8, 4) is 5.75 Å². The monoisotopic (exact) mass is 262 g/mol. The number of hydrogen-bond acceptors (Lipinski definition) is 2. The number of H-pyrrole nitrogens is 2. The van der Waals surface area contributed by atoms with Gasteiger partial charge < -0.3 is 14.7 Å². The molecule has 2 N–H and O–H groups in total. The van der Waals surface area contributed by atoms with E-state index in [0.29, 0.717) is 11.4 Å². The number of hydrogen-bond donors (Lipinski definition) is 2. The fourth-order valence-corrected chi connectivity index (χ4v) is 2.04. The first kappa shape index (κ1) is 12.9. The molecule has 0 radical (unpaired) electrons. The van der Waals surface area contributed by atoms with E-state index in [-0.39, 0.29) is 0 Å². The molecule has 0 atom stereocenters. The summed E-state index contributed by atoms with van der Waals surface area (Å²) in [4.78, 5) is 5.98. The summed E-state index contributed by atoms with van der Waals surface area (Å²) in [5.41, 5.74) is 3.49. The molecule has 2 rings (SSSR count). The van der Waals surface area contributed by atoms with Gasteiger partial charge in [-0.25, -0.2) is 0 Å². The average Bonchev–Trinajstić information content (AvgIpc) is 2.81. The molecule has 0 aliphatic rings. The first-order chi connectivity index (χ1) is 8.72. The number of aromatic nitrogens is 2. The number of benzene rings is 1. The summed E-state index contributed by atoms with van der Waals surface area (Å²) in [6.07, 6.45) is 3.84. The van der Waals surface area contributed by atoms with Crippen molar-refractivity contribution in [2.75, 3.05) is 0 Å². The van der Waals surface area contributed by atoms with Crippen LogP contribution in [0.1, 0.15) is 30.7 Å². The summed E-state index contributed by atoms with van der Waals surface area (Å²) in [5, 5.41) is 0.